The number of nitrogens with one attached hydrogen (secondary N) is 5. The first-order chi connectivity index (χ1) is 23.6. The van der Waals surface area contributed by atoms with Gasteiger partial charge in [0.15, 0.2) is 11.1 Å². The van der Waals surface area contributed by atoms with E-state index in [1.165, 1.54) is 12.5 Å². The van der Waals surface area contributed by atoms with Crippen molar-refractivity contribution in [3.63, 3.8) is 0 Å². The molecule has 0 radical (unpaired) electrons. The molecule has 2 aromatic carbocycles. The van der Waals surface area contributed by atoms with Crippen LogP contribution in [0.2, 0.25) is 0 Å². The average molecular weight is 703 g/mol. The van der Waals surface area contributed by atoms with E-state index in [0.29, 0.717) is 13.0 Å². The van der Waals surface area contributed by atoms with Gasteiger partial charge in [0.05, 0.1) is 12.6 Å². The maximum Gasteiger partial charge on any atom is 0.408 e. The van der Waals surface area contributed by atoms with Crippen LogP contribution in [0, 0.1) is 10.1 Å². The van der Waals surface area contributed by atoms with Crippen LogP contribution in [0.5, 0.6) is 0 Å². The molecule has 0 saturated carbocycles. The van der Waals surface area contributed by atoms with E-state index >= 15 is 0 Å². The van der Waals surface area contributed by atoms with E-state index in [1.54, 1.807) is 27.9 Å². The van der Waals surface area contributed by atoms with Gasteiger partial charge in [-0.2, -0.15) is 0 Å². The normalized spacial score (nSPS) is 12.9. The van der Waals surface area contributed by atoms with Gasteiger partial charge >= 0.3 is 6.09 Å². The lowest BCUT2D eigenvalue weighted by molar-refractivity contribution is -0.485. The zero-order valence-corrected chi connectivity index (χ0v) is 29.1. The SMILES string of the molecule is COCc1ccccc1.C[C@H](NC(=O)CNC(=O)OC(C)(C)C)C(=O)NC(CCCN/C(N)=N\[N+](=O)[O-])C(O)C(=O)NCCc1ccccc1. The molecule has 0 aromatic heterocycles. The highest BCUT2D eigenvalue weighted by Gasteiger charge is 2.29. The van der Waals surface area contributed by atoms with Gasteiger partial charge in [0.25, 0.3) is 11.9 Å². The summed E-state index contributed by atoms with van der Waals surface area (Å²) in [5.41, 5.74) is 6.84. The molecule has 0 spiro atoms. The van der Waals surface area contributed by atoms with Crippen LogP contribution in [0.15, 0.2) is 65.8 Å². The number of rotatable bonds is 17. The Hall–Kier alpha value is -5.29. The summed E-state index contributed by atoms with van der Waals surface area (Å²) in [6, 6.07) is 17.3. The zero-order chi connectivity index (χ0) is 37.5. The third kappa shape index (κ3) is 20.2. The first-order valence-corrected chi connectivity index (χ1v) is 15.9. The van der Waals surface area contributed by atoms with Crippen LogP contribution in [-0.2, 0) is 36.9 Å². The van der Waals surface area contributed by atoms with Crippen molar-refractivity contribution >= 4 is 29.8 Å². The number of aliphatic hydroxyl groups excluding tert-OH is 1. The molecule has 0 fully saturated rings. The molecule has 2 aromatic rings. The second-order valence-electron chi connectivity index (χ2n) is 11.9. The molecule has 0 bridgehead atoms. The second-order valence-corrected chi connectivity index (χ2v) is 11.9. The topological polar surface area (TPSA) is 249 Å². The summed E-state index contributed by atoms with van der Waals surface area (Å²) in [6.45, 7) is 6.99. The summed E-state index contributed by atoms with van der Waals surface area (Å²) in [4.78, 5) is 59.8. The quantitative estimate of drug-likeness (QED) is 0.0402. The Morgan fingerprint density at radius 3 is 2.08 bits per heavy atom. The second kappa shape index (κ2) is 23.1. The third-order valence-electron chi connectivity index (χ3n) is 6.44. The van der Waals surface area contributed by atoms with E-state index in [-0.39, 0.29) is 25.9 Å². The monoisotopic (exact) mass is 702 g/mol. The number of guanidine groups is 1. The largest absolute Gasteiger partial charge is 0.444 e. The number of alkyl carbamates (subject to hydrolysis) is 1. The van der Waals surface area contributed by atoms with E-state index in [1.807, 2.05) is 60.7 Å². The molecule has 0 aliphatic heterocycles. The van der Waals surface area contributed by atoms with Crippen molar-refractivity contribution in [3.8, 4) is 0 Å². The van der Waals surface area contributed by atoms with Crippen molar-refractivity contribution in [1.29, 1.82) is 0 Å². The number of benzene rings is 2. The van der Waals surface area contributed by atoms with Crippen molar-refractivity contribution in [1.82, 2.24) is 26.6 Å². The minimum Gasteiger partial charge on any atom is -0.444 e. The van der Waals surface area contributed by atoms with Crippen molar-refractivity contribution in [2.45, 2.75) is 77.4 Å². The van der Waals surface area contributed by atoms with E-state index in [2.05, 4.69) is 31.7 Å². The average Bonchev–Trinajstić information content (AvgIpc) is 3.05. The first-order valence-electron chi connectivity index (χ1n) is 15.9. The number of ether oxygens (including phenoxy) is 2. The lowest BCUT2D eigenvalue weighted by Crippen LogP contribution is -2.55. The Morgan fingerprint density at radius 2 is 1.52 bits per heavy atom. The summed E-state index contributed by atoms with van der Waals surface area (Å²) in [5, 5.41) is 35.4. The molecule has 0 aliphatic rings. The predicted molar refractivity (Wildman–Crippen MR) is 186 cm³/mol. The molecule has 3 atom stereocenters. The molecule has 17 heteroatoms. The summed E-state index contributed by atoms with van der Waals surface area (Å²) in [7, 11) is 1.70. The summed E-state index contributed by atoms with van der Waals surface area (Å²) < 4.78 is 9.97. The Balaban J connectivity index is 0.00000119. The Kier molecular flexibility index (Phi) is 19.8. The number of methoxy groups -OCH3 is 1. The van der Waals surface area contributed by atoms with Crippen LogP contribution in [0.4, 0.5) is 4.79 Å². The van der Waals surface area contributed by atoms with Gasteiger partial charge in [-0.3, -0.25) is 14.4 Å². The predicted octanol–water partition coefficient (Wildman–Crippen LogP) is 0.930. The number of amides is 4. The molecule has 4 amide bonds. The molecule has 50 heavy (non-hydrogen) atoms. The van der Waals surface area contributed by atoms with Gasteiger partial charge < -0.3 is 46.9 Å². The van der Waals surface area contributed by atoms with Gasteiger partial charge in [-0.05, 0) is 58.1 Å². The summed E-state index contributed by atoms with van der Waals surface area (Å²) in [6.07, 6.45) is -1.62. The van der Waals surface area contributed by atoms with Crippen molar-refractivity contribution in [2.75, 3.05) is 26.7 Å². The van der Waals surface area contributed by atoms with Crippen molar-refractivity contribution < 1.29 is 38.8 Å². The molecule has 8 N–H and O–H groups in total. The summed E-state index contributed by atoms with van der Waals surface area (Å²) in [5.74, 6) is -2.50. The smallest absolute Gasteiger partial charge is 0.408 e. The first kappa shape index (κ1) is 42.7. The molecule has 2 unspecified atom stereocenters. The van der Waals surface area contributed by atoms with Crippen LogP contribution in [0.3, 0.4) is 0 Å². The Labute approximate surface area is 291 Å². The van der Waals surface area contributed by atoms with Crippen molar-refractivity contribution in [2.24, 2.45) is 10.8 Å². The van der Waals surface area contributed by atoms with Crippen LogP contribution in [-0.4, -0.2) is 90.4 Å². The molecule has 0 saturated heterocycles. The fraction of sp³-hybridized carbons (Fsp3) is 0.485. The van der Waals surface area contributed by atoms with Gasteiger partial charge in [0.1, 0.15) is 23.3 Å². The highest BCUT2D eigenvalue weighted by Crippen LogP contribution is 2.07. The fourth-order valence-electron chi connectivity index (χ4n) is 4.11. The highest BCUT2D eigenvalue weighted by molar-refractivity contribution is 5.90. The number of carbonyl (C=O) groups is 4. The van der Waals surface area contributed by atoms with Crippen LogP contribution < -0.4 is 32.3 Å². The number of nitrogens with zero attached hydrogens (tertiary/aromatic N) is 2. The molecular formula is C33H50N8O9. The molecule has 2 rings (SSSR count). The van der Waals surface area contributed by atoms with E-state index in [0.717, 1.165) is 5.56 Å². The molecule has 276 valence electrons. The summed E-state index contributed by atoms with van der Waals surface area (Å²) >= 11 is 0. The number of aliphatic hydroxyl groups is 1. The van der Waals surface area contributed by atoms with Crippen LogP contribution in [0.1, 0.15) is 51.7 Å². The van der Waals surface area contributed by atoms with Crippen molar-refractivity contribution in [3.05, 3.63) is 81.9 Å². The maximum atomic E-state index is 12.8. The van der Waals surface area contributed by atoms with E-state index in [4.69, 9.17) is 15.2 Å². The molecule has 17 nitrogen and oxygen atoms in total. The van der Waals surface area contributed by atoms with Crippen LogP contribution in [0.25, 0.3) is 0 Å². The number of carbonyl (C=O) groups excluding carboxylic acids is 4. The van der Waals surface area contributed by atoms with Gasteiger partial charge in [0.2, 0.25) is 11.8 Å². The zero-order valence-electron chi connectivity index (χ0n) is 29.1. The molecule has 0 aliphatic carbocycles. The minimum atomic E-state index is -1.64. The lowest BCUT2D eigenvalue weighted by Gasteiger charge is -2.25. The molecular weight excluding hydrogens is 652 g/mol. The standard InChI is InChI=1S/C25H40N8O8.C8H10O/c1-16(30-19(34)15-29-24(38)41-25(2,3)4)21(36)31-18(11-8-13-28-23(26)32-33(39)40)20(35)22(37)27-14-12-17-9-6-5-7-10-17;1-9-7-8-5-3-2-4-6-8/h5-7,9-10,16,18,20,35H,8,11-15H2,1-4H3,(H,27,37)(H,29,38)(H,30,34)(H,31,36)(H3,26,28,32);2-6H,7H2,1H3/t16-,18?,20?;/m0./s1. The molecule has 0 heterocycles. The number of nitrogens with two attached hydrogens (primary N) is 1. The van der Waals surface area contributed by atoms with Gasteiger partial charge in [-0.1, -0.05) is 60.7 Å². The lowest BCUT2D eigenvalue weighted by atomic mass is 10.0. The number of hydrazone groups is 1. The Bertz CT molecular complexity index is 1370. The fourth-order valence-corrected chi connectivity index (χ4v) is 4.11. The van der Waals surface area contributed by atoms with E-state index in [9.17, 15) is 34.4 Å². The maximum absolute atomic E-state index is 12.8. The number of hydrogen-bond acceptors (Lipinski definition) is 9. The third-order valence-corrected chi connectivity index (χ3v) is 6.44. The highest BCUT2D eigenvalue weighted by atomic mass is 16.7. The minimum absolute atomic E-state index is 0.0681. The van der Waals surface area contributed by atoms with Gasteiger partial charge in [-0.25, -0.2) is 14.9 Å². The number of hydrogen-bond donors (Lipinski definition) is 7. The number of nitro groups is 1. The van der Waals surface area contributed by atoms with E-state index < -0.39 is 65.1 Å². The van der Waals surface area contributed by atoms with Gasteiger partial charge in [-0.15, -0.1) is 0 Å². The Morgan fingerprint density at radius 1 is 0.920 bits per heavy atom. The van der Waals surface area contributed by atoms with Crippen LogP contribution >= 0.6 is 0 Å². The van der Waals surface area contributed by atoms with Gasteiger partial charge in [0, 0.05) is 20.2 Å².